The third-order valence-electron chi connectivity index (χ3n) is 3.56. The minimum Gasteiger partial charge on any atom is -0.332 e. The van der Waals surface area contributed by atoms with Crippen LogP contribution in [0.15, 0.2) is 40.9 Å². The number of alkyl halides is 2. The zero-order chi connectivity index (χ0) is 14.3. The molecule has 5 heteroatoms. The third kappa shape index (κ3) is 2.30. The number of hydrogen-bond donors (Lipinski definition) is 0. The van der Waals surface area contributed by atoms with E-state index in [9.17, 15) is 13.6 Å². The molecule has 3 rings (SSSR count). The predicted octanol–water partition coefficient (Wildman–Crippen LogP) is 4.08. The van der Waals surface area contributed by atoms with Crippen molar-refractivity contribution in [3.8, 4) is 0 Å². The van der Waals surface area contributed by atoms with Crippen LogP contribution >= 0.6 is 15.9 Å². The zero-order valence-corrected chi connectivity index (χ0v) is 12.2. The molecule has 0 aliphatic carbocycles. The molecule has 1 amide bonds. The molecule has 0 spiro atoms. The normalized spacial score (nSPS) is 17.6. The molecule has 20 heavy (non-hydrogen) atoms. The van der Waals surface area contributed by atoms with E-state index in [0.29, 0.717) is 5.56 Å². The fraction of sp³-hybridized carbons (Fsp3) is 0.267. The molecule has 0 bridgehead atoms. The first kappa shape index (κ1) is 13.5. The molecular weight excluding hydrogens is 328 g/mol. The number of carbonyl (C=O) groups is 1. The molecule has 1 aliphatic rings. The second-order valence-electron chi connectivity index (χ2n) is 4.97. The van der Waals surface area contributed by atoms with Crippen LogP contribution in [-0.4, -0.2) is 29.8 Å². The lowest BCUT2D eigenvalue weighted by molar-refractivity contribution is 0.0120. The molecule has 1 heterocycles. The number of amides is 1. The van der Waals surface area contributed by atoms with Crippen LogP contribution < -0.4 is 0 Å². The number of fused-ring (bicyclic) bond motifs is 1. The predicted molar refractivity (Wildman–Crippen MR) is 77.1 cm³/mol. The molecule has 0 atom stereocenters. The van der Waals surface area contributed by atoms with Crippen LogP contribution in [0, 0.1) is 0 Å². The first-order valence-corrected chi connectivity index (χ1v) is 7.12. The third-order valence-corrected chi connectivity index (χ3v) is 4.25. The highest BCUT2D eigenvalue weighted by molar-refractivity contribution is 9.10. The molecule has 0 radical (unpaired) electrons. The van der Waals surface area contributed by atoms with E-state index in [4.69, 9.17) is 0 Å². The molecule has 0 N–H and O–H groups in total. The molecular formula is C15H12BrF2NO. The summed E-state index contributed by atoms with van der Waals surface area (Å²) in [6.07, 6.45) is -0.257. The summed E-state index contributed by atoms with van der Waals surface area (Å²) in [6, 6.07) is 10.9. The summed E-state index contributed by atoms with van der Waals surface area (Å²) >= 11 is 3.44. The largest absolute Gasteiger partial charge is 0.332 e. The molecule has 2 aromatic carbocycles. The Labute approximate surface area is 123 Å². The highest BCUT2D eigenvalue weighted by atomic mass is 79.9. The van der Waals surface area contributed by atoms with Crippen molar-refractivity contribution in [1.82, 2.24) is 4.90 Å². The number of hydrogen-bond acceptors (Lipinski definition) is 1. The van der Waals surface area contributed by atoms with Gasteiger partial charge in [0.2, 0.25) is 0 Å². The summed E-state index contributed by atoms with van der Waals surface area (Å²) < 4.78 is 27.4. The fourth-order valence-corrected chi connectivity index (χ4v) is 3.04. The molecule has 1 fully saturated rings. The van der Waals surface area contributed by atoms with E-state index in [2.05, 4.69) is 15.9 Å². The Bertz CT molecular complexity index is 687. The minimum absolute atomic E-state index is 0.107. The second-order valence-corrected chi connectivity index (χ2v) is 5.83. The van der Waals surface area contributed by atoms with Gasteiger partial charge in [0, 0.05) is 23.0 Å². The number of halogens is 3. The van der Waals surface area contributed by atoms with Crippen LogP contribution in [0.4, 0.5) is 8.78 Å². The Morgan fingerprint density at radius 1 is 1.15 bits per heavy atom. The van der Waals surface area contributed by atoms with Gasteiger partial charge in [-0.1, -0.05) is 40.2 Å². The van der Waals surface area contributed by atoms with E-state index in [-0.39, 0.29) is 18.9 Å². The van der Waals surface area contributed by atoms with E-state index in [1.807, 2.05) is 24.3 Å². The highest BCUT2D eigenvalue weighted by Gasteiger charge is 2.40. The lowest BCUT2D eigenvalue weighted by Crippen LogP contribution is -2.31. The van der Waals surface area contributed by atoms with Crippen molar-refractivity contribution in [3.63, 3.8) is 0 Å². The number of benzene rings is 2. The van der Waals surface area contributed by atoms with Crippen molar-refractivity contribution in [2.75, 3.05) is 13.1 Å². The smallest absolute Gasteiger partial charge is 0.267 e. The molecule has 2 nitrogen and oxygen atoms in total. The number of likely N-dealkylation sites (tertiary alicyclic amines) is 1. The van der Waals surface area contributed by atoms with Gasteiger partial charge in [0.25, 0.3) is 11.8 Å². The molecule has 1 saturated heterocycles. The van der Waals surface area contributed by atoms with E-state index < -0.39 is 12.5 Å². The van der Waals surface area contributed by atoms with Gasteiger partial charge in [0.15, 0.2) is 0 Å². The van der Waals surface area contributed by atoms with Crippen molar-refractivity contribution in [3.05, 3.63) is 46.4 Å². The molecule has 0 aromatic heterocycles. The lowest BCUT2D eigenvalue weighted by atomic mass is 10.0. The van der Waals surface area contributed by atoms with Gasteiger partial charge in [-0.3, -0.25) is 4.79 Å². The highest BCUT2D eigenvalue weighted by Crippen LogP contribution is 2.31. The van der Waals surface area contributed by atoms with Gasteiger partial charge in [0.1, 0.15) is 0 Å². The van der Waals surface area contributed by atoms with Crippen molar-refractivity contribution >= 4 is 32.6 Å². The second kappa shape index (κ2) is 4.81. The summed E-state index contributed by atoms with van der Waals surface area (Å²) in [4.78, 5) is 13.7. The number of carbonyl (C=O) groups excluding carboxylic acids is 1. The van der Waals surface area contributed by atoms with Gasteiger partial charge in [-0.2, -0.15) is 0 Å². The standard InChI is InChI=1S/C15H12BrF2NO/c16-13-6-2-3-10-11(13)4-1-5-12(10)14(20)19-8-7-15(17,18)9-19/h1-6H,7-9H2. The molecule has 0 unspecified atom stereocenters. The zero-order valence-electron chi connectivity index (χ0n) is 10.6. The summed E-state index contributed by atoms with van der Waals surface area (Å²) in [7, 11) is 0. The van der Waals surface area contributed by atoms with Crippen LogP contribution in [0.2, 0.25) is 0 Å². The summed E-state index contributed by atoms with van der Waals surface area (Å²) in [5, 5.41) is 1.69. The fourth-order valence-electron chi connectivity index (χ4n) is 2.54. The SMILES string of the molecule is O=C(c1cccc2c(Br)cccc12)N1CCC(F)(F)C1. The summed E-state index contributed by atoms with van der Waals surface area (Å²) in [5.74, 6) is -3.09. The van der Waals surface area contributed by atoms with Crippen LogP contribution in [-0.2, 0) is 0 Å². The van der Waals surface area contributed by atoms with E-state index in [1.165, 1.54) is 4.90 Å². The minimum atomic E-state index is -2.76. The van der Waals surface area contributed by atoms with Crippen LogP contribution in [0.1, 0.15) is 16.8 Å². The van der Waals surface area contributed by atoms with E-state index in [1.54, 1.807) is 12.1 Å². The molecule has 104 valence electrons. The quantitative estimate of drug-likeness (QED) is 0.766. The maximum absolute atomic E-state index is 13.2. The maximum Gasteiger partial charge on any atom is 0.267 e. The van der Waals surface area contributed by atoms with E-state index in [0.717, 1.165) is 15.2 Å². The van der Waals surface area contributed by atoms with E-state index >= 15 is 0 Å². The Balaban J connectivity index is 2.03. The van der Waals surface area contributed by atoms with Crippen LogP contribution in [0.5, 0.6) is 0 Å². The Morgan fingerprint density at radius 2 is 1.85 bits per heavy atom. The van der Waals surface area contributed by atoms with Crippen LogP contribution in [0.25, 0.3) is 10.8 Å². The maximum atomic E-state index is 13.2. The van der Waals surface area contributed by atoms with Gasteiger partial charge in [0.05, 0.1) is 6.54 Å². The molecule has 0 saturated carbocycles. The van der Waals surface area contributed by atoms with Gasteiger partial charge < -0.3 is 4.90 Å². The van der Waals surface area contributed by atoms with Gasteiger partial charge in [-0.15, -0.1) is 0 Å². The van der Waals surface area contributed by atoms with Crippen LogP contribution in [0.3, 0.4) is 0 Å². The van der Waals surface area contributed by atoms with Crippen molar-refractivity contribution < 1.29 is 13.6 Å². The van der Waals surface area contributed by atoms with Gasteiger partial charge in [-0.05, 0) is 22.9 Å². The Hall–Kier alpha value is -1.49. The Kier molecular flexibility index (Phi) is 3.24. The van der Waals surface area contributed by atoms with Gasteiger partial charge >= 0.3 is 0 Å². The first-order chi connectivity index (χ1) is 9.48. The molecule has 2 aromatic rings. The topological polar surface area (TPSA) is 20.3 Å². The van der Waals surface area contributed by atoms with Crippen molar-refractivity contribution in [2.45, 2.75) is 12.3 Å². The molecule has 1 aliphatic heterocycles. The lowest BCUT2D eigenvalue weighted by Gasteiger charge is -2.17. The van der Waals surface area contributed by atoms with Crippen molar-refractivity contribution in [1.29, 1.82) is 0 Å². The summed E-state index contributed by atoms with van der Waals surface area (Å²) in [5.41, 5.74) is 0.474. The average molecular weight is 340 g/mol. The first-order valence-electron chi connectivity index (χ1n) is 6.32. The average Bonchev–Trinajstić information content (AvgIpc) is 2.78. The van der Waals surface area contributed by atoms with Gasteiger partial charge in [-0.25, -0.2) is 8.78 Å². The monoisotopic (exact) mass is 339 g/mol. The van der Waals surface area contributed by atoms with Crippen molar-refractivity contribution in [2.24, 2.45) is 0 Å². The number of nitrogens with zero attached hydrogens (tertiary/aromatic N) is 1. The Morgan fingerprint density at radius 3 is 2.55 bits per heavy atom. The number of rotatable bonds is 1. The summed E-state index contributed by atoms with van der Waals surface area (Å²) in [6.45, 7) is -0.382.